The Bertz CT molecular complexity index is 1370. The van der Waals surface area contributed by atoms with Crippen LogP contribution in [0.3, 0.4) is 0 Å². The third-order valence-electron chi connectivity index (χ3n) is 7.99. The zero-order valence-electron chi connectivity index (χ0n) is 29.0. The first-order chi connectivity index (χ1) is 22.9. The first kappa shape index (κ1) is 38.0. The van der Waals surface area contributed by atoms with E-state index in [1.165, 1.54) is 16.8 Å². The van der Waals surface area contributed by atoms with Gasteiger partial charge in [0.15, 0.2) is 0 Å². The van der Waals surface area contributed by atoms with Gasteiger partial charge in [0.05, 0.1) is 18.2 Å². The molecule has 12 heteroatoms. The lowest BCUT2D eigenvalue weighted by atomic mass is 10.0. The van der Waals surface area contributed by atoms with Crippen LogP contribution < -0.4 is 20.7 Å². The number of unbranched alkanes of at least 4 members (excludes halogenated alkanes) is 1. The SMILES string of the molecule is CC(C)C[C@H]1COc2ccccc2C(=O)N[C@H](C(=O)NCCCCN(C)C)CCC(=O)N(Cc2ccccc2)CC(=O)N(C)CC(=O)N1. The molecule has 3 rings (SSSR count). The van der Waals surface area contributed by atoms with E-state index in [1.54, 1.807) is 24.3 Å². The van der Waals surface area contributed by atoms with Gasteiger partial charge in [0.2, 0.25) is 23.6 Å². The van der Waals surface area contributed by atoms with Gasteiger partial charge >= 0.3 is 0 Å². The maximum absolute atomic E-state index is 13.7. The molecule has 1 aliphatic heterocycles. The molecule has 0 spiro atoms. The predicted molar refractivity (Wildman–Crippen MR) is 184 cm³/mol. The molecule has 12 nitrogen and oxygen atoms in total. The number of rotatable bonds is 10. The molecule has 0 aliphatic carbocycles. The van der Waals surface area contributed by atoms with Crippen molar-refractivity contribution in [1.29, 1.82) is 0 Å². The van der Waals surface area contributed by atoms with Crippen LogP contribution in [0.25, 0.3) is 0 Å². The van der Waals surface area contributed by atoms with Gasteiger partial charge in [-0.05, 0) is 69.9 Å². The van der Waals surface area contributed by atoms with Gasteiger partial charge in [0.25, 0.3) is 5.91 Å². The Kier molecular flexibility index (Phi) is 15.4. The number of para-hydroxylation sites is 1. The van der Waals surface area contributed by atoms with Gasteiger partial charge < -0.3 is 35.4 Å². The molecule has 0 saturated carbocycles. The minimum absolute atomic E-state index is 0.0192. The summed E-state index contributed by atoms with van der Waals surface area (Å²) < 4.78 is 6.09. The molecule has 262 valence electrons. The molecule has 48 heavy (non-hydrogen) atoms. The van der Waals surface area contributed by atoms with E-state index in [0.29, 0.717) is 18.7 Å². The number of carbonyl (C=O) groups is 5. The monoisotopic (exact) mass is 664 g/mol. The van der Waals surface area contributed by atoms with Crippen LogP contribution in [0.4, 0.5) is 0 Å². The van der Waals surface area contributed by atoms with Crippen LogP contribution in [0, 0.1) is 5.92 Å². The molecule has 1 heterocycles. The minimum atomic E-state index is -1.01. The molecular weight excluding hydrogens is 612 g/mol. The Morgan fingerprint density at radius 3 is 2.38 bits per heavy atom. The van der Waals surface area contributed by atoms with Crippen LogP contribution in [-0.2, 0) is 25.7 Å². The van der Waals surface area contributed by atoms with Crippen molar-refractivity contribution in [2.24, 2.45) is 5.92 Å². The van der Waals surface area contributed by atoms with E-state index in [9.17, 15) is 24.0 Å². The summed E-state index contributed by atoms with van der Waals surface area (Å²) in [5, 5.41) is 8.72. The van der Waals surface area contributed by atoms with Crippen LogP contribution in [0.5, 0.6) is 5.75 Å². The van der Waals surface area contributed by atoms with Crippen molar-refractivity contribution in [3.63, 3.8) is 0 Å². The van der Waals surface area contributed by atoms with Crippen molar-refractivity contribution < 1.29 is 28.7 Å². The Labute approximate surface area is 284 Å². The maximum Gasteiger partial charge on any atom is 0.255 e. The summed E-state index contributed by atoms with van der Waals surface area (Å²) in [6.07, 6.45) is 2.18. The number of nitrogens with zero attached hydrogens (tertiary/aromatic N) is 3. The van der Waals surface area contributed by atoms with Crippen LogP contribution in [0.1, 0.15) is 61.9 Å². The largest absolute Gasteiger partial charge is 0.491 e. The number of ether oxygens (including phenoxy) is 1. The van der Waals surface area contributed by atoms with E-state index >= 15 is 0 Å². The topological polar surface area (TPSA) is 140 Å². The van der Waals surface area contributed by atoms with E-state index in [-0.39, 0.29) is 68.3 Å². The maximum atomic E-state index is 13.7. The number of carbonyl (C=O) groups excluding carboxylic acids is 5. The highest BCUT2D eigenvalue weighted by Gasteiger charge is 2.28. The second-order valence-corrected chi connectivity index (χ2v) is 13.1. The summed E-state index contributed by atoms with van der Waals surface area (Å²) in [4.78, 5) is 72.0. The number of hydrogen-bond donors (Lipinski definition) is 3. The number of hydrogen-bond acceptors (Lipinski definition) is 7. The summed E-state index contributed by atoms with van der Waals surface area (Å²) in [7, 11) is 5.51. The van der Waals surface area contributed by atoms with E-state index < -0.39 is 23.9 Å². The van der Waals surface area contributed by atoms with Crippen LogP contribution in [0.2, 0.25) is 0 Å². The zero-order chi connectivity index (χ0) is 35.1. The highest BCUT2D eigenvalue weighted by Crippen LogP contribution is 2.20. The fourth-order valence-electron chi connectivity index (χ4n) is 5.42. The molecule has 0 fully saturated rings. The van der Waals surface area contributed by atoms with Crippen molar-refractivity contribution in [2.75, 3.05) is 53.9 Å². The molecule has 2 atom stereocenters. The molecule has 3 N–H and O–H groups in total. The summed E-state index contributed by atoms with van der Waals surface area (Å²) in [6, 6.07) is 14.6. The highest BCUT2D eigenvalue weighted by atomic mass is 16.5. The Morgan fingerprint density at radius 1 is 0.958 bits per heavy atom. The molecule has 2 aromatic rings. The Morgan fingerprint density at radius 2 is 1.67 bits per heavy atom. The quantitative estimate of drug-likeness (QED) is 0.332. The molecule has 0 unspecified atom stereocenters. The van der Waals surface area contributed by atoms with Crippen molar-refractivity contribution in [3.05, 3.63) is 65.7 Å². The molecular formula is C36H52N6O6. The first-order valence-corrected chi connectivity index (χ1v) is 16.7. The first-order valence-electron chi connectivity index (χ1n) is 16.7. The molecule has 5 amide bonds. The number of benzene rings is 2. The highest BCUT2D eigenvalue weighted by molar-refractivity contribution is 5.99. The van der Waals surface area contributed by atoms with Gasteiger partial charge in [-0.3, -0.25) is 24.0 Å². The smallest absolute Gasteiger partial charge is 0.255 e. The number of likely N-dealkylation sites (N-methyl/N-ethyl adjacent to an activating group) is 1. The van der Waals surface area contributed by atoms with Gasteiger partial charge in [0.1, 0.15) is 24.9 Å². The summed E-state index contributed by atoms with van der Waals surface area (Å²) in [5.74, 6) is -1.49. The van der Waals surface area contributed by atoms with Gasteiger partial charge in [-0.1, -0.05) is 56.3 Å². The van der Waals surface area contributed by atoms with Gasteiger partial charge in [-0.2, -0.15) is 0 Å². The average Bonchev–Trinajstić information content (AvgIpc) is 3.04. The molecule has 0 bridgehead atoms. The number of nitrogens with one attached hydrogen (secondary N) is 3. The van der Waals surface area contributed by atoms with Gasteiger partial charge in [-0.25, -0.2) is 0 Å². The lowest BCUT2D eigenvalue weighted by Gasteiger charge is -2.27. The lowest BCUT2D eigenvalue weighted by Crippen LogP contribution is -2.49. The fourth-order valence-corrected chi connectivity index (χ4v) is 5.42. The minimum Gasteiger partial charge on any atom is -0.491 e. The second kappa shape index (κ2) is 19.4. The Hall–Kier alpha value is -4.45. The van der Waals surface area contributed by atoms with E-state index in [1.807, 2.05) is 58.3 Å². The van der Waals surface area contributed by atoms with Crippen molar-refractivity contribution in [2.45, 2.75) is 64.6 Å². The summed E-state index contributed by atoms with van der Waals surface area (Å²) in [6.45, 7) is 5.19. The lowest BCUT2D eigenvalue weighted by molar-refractivity contribution is -0.142. The second-order valence-electron chi connectivity index (χ2n) is 13.1. The fraction of sp³-hybridized carbons (Fsp3) is 0.528. The molecule has 1 aliphatic rings. The third-order valence-corrected chi connectivity index (χ3v) is 7.99. The normalized spacial score (nSPS) is 18.8. The molecule has 0 radical (unpaired) electrons. The van der Waals surface area contributed by atoms with E-state index in [4.69, 9.17) is 4.74 Å². The van der Waals surface area contributed by atoms with E-state index in [2.05, 4.69) is 20.9 Å². The van der Waals surface area contributed by atoms with Crippen LogP contribution >= 0.6 is 0 Å². The van der Waals surface area contributed by atoms with Crippen LogP contribution in [0.15, 0.2) is 54.6 Å². The van der Waals surface area contributed by atoms with Crippen molar-refractivity contribution in [3.8, 4) is 5.75 Å². The average molecular weight is 665 g/mol. The molecule has 2 aromatic carbocycles. The van der Waals surface area contributed by atoms with E-state index in [0.717, 1.165) is 24.9 Å². The third kappa shape index (κ3) is 13.0. The van der Waals surface area contributed by atoms with Crippen molar-refractivity contribution in [1.82, 2.24) is 30.7 Å². The Balaban J connectivity index is 1.92. The number of fused-ring (bicyclic) bond motifs is 1. The standard InChI is InChI=1S/C36H52N6O6/c1-26(2)21-28-25-48-31-16-10-9-15-29(31)35(46)39-30(36(47)37-19-11-12-20-40(3)4)17-18-33(44)42(22-27-13-7-6-8-14-27)24-34(45)41(5)23-32(43)38-28/h6-10,13-16,26,28,30H,11-12,17-25H2,1-5H3,(H,37,47)(H,38,43)(H,39,46)/t28-,30-/m0/s1. The van der Waals surface area contributed by atoms with Gasteiger partial charge in [0, 0.05) is 26.6 Å². The summed E-state index contributed by atoms with van der Waals surface area (Å²) >= 11 is 0. The number of amides is 5. The molecule has 0 saturated heterocycles. The van der Waals surface area contributed by atoms with Gasteiger partial charge in [-0.15, -0.1) is 0 Å². The summed E-state index contributed by atoms with van der Waals surface area (Å²) in [5.41, 5.74) is 1.06. The van der Waals surface area contributed by atoms with Crippen molar-refractivity contribution >= 4 is 29.5 Å². The molecule has 0 aromatic heterocycles. The predicted octanol–water partition coefficient (Wildman–Crippen LogP) is 2.43. The van der Waals surface area contributed by atoms with Crippen LogP contribution in [-0.4, -0.2) is 110 Å². The zero-order valence-corrected chi connectivity index (χ0v) is 29.0.